The fraction of sp³-hybridized carbons (Fsp3) is 0.364. The summed E-state index contributed by atoms with van der Waals surface area (Å²) < 4.78 is 25.6. The van der Waals surface area contributed by atoms with Crippen LogP contribution >= 0.6 is 0 Å². The zero-order chi connectivity index (χ0) is 12.7. The second-order valence-corrected chi connectivity index (χ2v) is 3.48. The highest BCUT2D eigenvalue weighted by atomic mass is 19.2. The molecule has 0 spiro atoms. The number of nitrogens with zero attached hydrogens (tertiary/aromatic N) is 1. The summed E-state index contributed by atoms with van der Waals surface area (Å²) in [7, 11) is 0. The van der Waals surface area contributed by atoms with Gasteiger partial charge in [-0.25, -0.2) is 14.6 Å². The Kier molecular flexibility index (Phi) is 5.35. The first-order chi connectivity index (χ1) is 8.17. The number of hydrogen-bond acceptors (Lipinski definition) is 2. The van der Waals surface area contributed by atoms with Gasteiger partial charge < -0.3 is 5.32 Å². The number of nitrogens with one attached hydrogen (secondary N) is 2. The van der Waals surface area contributed by atoms with Crippen LogP contribution in [0.5, 0.6) is 0 Å². The number of hydrogen-bond donors (Lipinski definition) is 3. The third-order valence-electron chi connectivity index (χ3n) is 2.10. The monoisotopic (exact) mass is 242 g/mol. The van der Waals surface area contributed by atoms with Gasteiger partial charge in [0.25, 0.3) is 0 Å². The normalized spacial score (nSPS) is 11.4. The fourth-order valence-electron chi connectivity index (χ4n) is 1.18. The first-order valence-corrected chi connectivity index (χ1v) is 5.40. The summed E-state index contributed by atoms with van der Waals surface area (Å²) in [6.07, 6.45) is 1.96. The van der Waals surface area contributed by atoms with E-state index in [0.29, 0.717) is 18.2 Å². The predicted octanol–water partition coefficient (Wildman–Crippen LogP) is 2.00. The molecular weight excluding hydrogens is 226 g/mol. The lowest BCUT2D eigenvalue weighted by atomic mass is 10.3. The predicted molar refractivity (Wildman–Crippen MR) is 64.5 cm³/mol. The topological polar surface area (TPSA) is 62.4 Å². The van der Waals surface area contributed by atoms with Crippen LogP contribution in [0, 0.1) is 11.6 Å². The van der Waals surface area contributed by atoms with Crippen molar-refractivity contribution in [2.24, 2.45) is 10.8 Å². The highest BCUT2D eigenvalue weighted by molar-refractivity contribution is 5.93. The van der Waals surface area contributed by atoms with Crippen LogP contribution in [0.2, 0.25) is 0 Å². The number of aliphatic imine (C=N–C) groups is 1. The molecule has 4 N–H and O–H groups in total. The minimum atomic E-state index is -0.917. The molecule has 0 bridgehead atoms. The maximum atomic E-state index is 12.9. The van der Waals surface area contributed by atoms with Crippen molar-refractivity contribution in [3.63, 3.8) is 0 Å². The van der Waals surface area contributed by atoms with Crippen LogP contribution in [0.3, 0.4) is 0 Å². The molecule has 0 aliphatic heterocycles. The molecule has 1 rings (SSSR count). The minimum Gasteiger partial charge on any atom is -0.325 e. The second-order valence-electron chi connectivity index (χ2n) is 3.48. The number of halogens is 2. The molecule has 0 saturated carbocycles. The SMILES string of the molecule is CCCCN=C(NN)Nc1ccc(F)c(F)c1. The van der Waals surface area contributed by atoms with E-state index in [4.69, 9.17) is 5.84 Å². The van der Waals surface area contributed by atoms with E-state index in [2.05, 4.69) is 15.7 Å². The van der Waals surface area contributed by atoms with Gasteiger partial charge >= 0.3 is 0 Å². The maximum absolute atomic E-state index is 12.9. The van der Waals surface area contributed by atoms with Crippen LogP contribution in [0.25, 0.3) is 0 Å². The van der Waals surface area contributed by atoms with Gasteiger partial charge in [-0.05, 0) is 18.6 Å². The molecule has 0 unspecified atom stereocenters. The molecule has 6 heteroatoms. The zero-order valence-corrected chi connectivity index (χ0v) is 9.63. The van der Waals surface area contributed by atoms with E-state index in [0.717, 1.165) is 25.0 Å². The number of guanidine groups is 1. The Hall–Kier alpha value is -1.69. The number of nitrogens with two attached hydrogens (primary N) is 1. The van der Waals surface area contributed by atoms with Crippen LogP contribution in [0.1, 0.15) is 19.8 Å². The van der Waals surface area contributed by atoms with E-state index in [1.165, 1.54) is 6.07 Å². The molecule has 0 saturated heterocycles. The van der Waals surface area contributed by atoms with Crippen LogP contribution in [0.4, 0.5) is 14.5 Å². The van der Waals surface area contributed by atoms with Crippen LogP contribution in [-0.4, -0.2) is 12.5 Å². The summed E-state index contributed by atoms with van der Waals surface area (Å²) in [4.78, 5) is 4.13. The van der Waals surface area contributed by atoms with Gasteiger partial charge in [-0.15, -0.1) is 0 Å². The molecule has 94 valence electrons. The third kappa shape index (κ3) is 4.36. The van der Waals surface area contributed by atoms with Crippen LogP contribution < -0.4 is 16.6 Å². The van der Waals surface area contributed by atoms with Gasteiger partial charge in [0.05, 0.1) is 0 Å². The molecule has 0 atom stereocenters. The Labute approximate surface area is 98.9 Å². The smallest absolute Gasteiger partial charge is 0.210 e. The summed E-state index contributed by atoms with van der Waals surface area (Å²) >= 11 is 0. The molecule has 1 aromatic rings. The lowest BCUT2D eigenvalue weighted by Gasteiger charge is -2.09. The van der Waals surface area contributed by atoms with Crippen LogP contribution in [0.15, 0.2) is 23.2 Å². The van der Waals surface area contributed by atoms with E-state index < -0.39 is 11.6 Å². The summed E-state index contributed by atoms with van der Waals surface area (Å²) in [5.41, 5.74) is 2.75. The van der Waals surface area contributed by atoms with E-state index >= 15 is 0 Å². The van der Waals surface area contributed by atoms with Crippen LogP contribution in [-0.2, 0) is 0 Å². The molecule has 0 fully saturated rings. The molecule has 0 aliphatic carbocycles. The zero-order valence-electron chi connectivity index (χ0n) is 9.63. The van der Waals surface area contributed by atoms with Crippen molar-refractivity contribution < 1.29 is 8.78 Å². The highest BCUT2D eigenvalue weighted by Crippen LogP contribution is 2.12. The Balaban J connectivity index is 2.67. The summed E-state index contributed by atoms with van der Waals surface area (Å²) in [5, 5.41) is 2.76. The Morgan fingerprint density at radius 3 is 2.71 bits per heavy atom. The van der Waals surface area contributed by atoms with Crippen molar-refractivity contribution >= 4 is 11.6 Å². The Bertz CT molecular complexity index is 393. The van der Waals surface area contributed by atoms with Crippen molar-refractivity contribution in [3.05, 3.63) is 29.8 Å². The number of rotatable bonds is 4. The summed E-state index contributed by atoms with van der Waals surface area (Å²) in [6, 6.07) is 3.49. The average Bonchev–Trinajstić information content (AvgIpc) is 2.32. The first-order valence-electron chi connectivity index (χ1n) is 5.40. The lowest BCUT2D eigenvalue weighted by Crippen LogP contribution is -2.36. The number of anilines is 1. The number of unbranched alkanes of at least 4 members (excludes halogenated alkanes) is 1. The van der Waals surface area contributed by atoms with Gasteiger partial charge in [0.2, 0.25) is 5.96 Å². The molecule has 1 aromatic carbocycles. The Morgan fingerprint density at radius 2 is 2.12 bits per heavy atom. The molecule has 0 heterocycles. The molecule has 0 amide bonds. The van der Waals surface area contributed by atoms with E-state index in [-0.39, 0.29) is 0 Å². The van der Waals surface area contributed by atoms with Crippen molar-refractivity contribution in [3.8, 4) is 0 Å². The van der Waals surface area contributed by atoms with Crippen molar-refractivity contribution in [1.29, 1.82) is 0 Å². The van der Waals surface area contributed by atoms with Crippen molar-refractivity contribution in [2.75, 3.05) is 11.9 Å². The van der Waals surface area contributed by atoms with E-state index in [9.17, 15) is 8.78 Å². The molecule has 0 radical (unpaired) electrons. The van der Waals surface area contributed by atoms with Gasteiger partial charge in [-0.2, -0.15) is 0 Å². The molecule has 0 aliphatic rings. The number of hydrazine groups is 1. The standard InChI is InChI=1S/C11H16F2N4/c1-2-3-6-15-11(17-14)16-8-4-5-9(12)10(13)7-8/h4-5,7H,2-3,6,14H2,1H3,(H2,15,16,17). The molecule has 0 aromatic heterocycles. The highest BCUT2D eigenvalue weighted by Gasteiger charge is 2.03. The average molecular weight is 242 g/mol. The first kappa shape index (κ1) is 13.4. The van der Waals surface area contributed by atoms with Gasteiger partial charge in [0, 0.05) is 18.3 Å². The third-order valence-corrected chi connectivity index (χ3v) is 2.10. The fourth-order valence-corrected chi connectivity index (χ4v) is 1.18. The summed E-state index contributed by atoms with van der Waals surface area (Å²) in [5.74, 6) is 3.78. The largest absolute Gasteiger partial charge is 0.325 e. The van der Waals surface area contributed by atoms with Gasteiger partial charge in [0.1, 0.15) is 0 Å². The number of benzene rings is 1. The maximum Gasteiger partial charge on any atom is 0.210 e. The van der Waals surface area contributed by atoms with Crippen molar-refractivity contribution in [2.45, 2.75) is 19.8 Å². The lowest BCUT2D eigenvalue weighted by molar-refractivity contribution is 0.509. The molecule has 17 heavy (non-hydrogen) atoms. The minimum absolute atomic E-state index is 0.324. The van der Waals surface area contributed by atoms with E-state index in [1.54, 1.807) is 0 Å². The molecule has 4 nitrogen and oxygen atoms in total. The quantitative estimate of drug-likeness (QED) is 0.249. The Morgan fingerprint density at radius 1 is 1.35 bits per heavy atom. The van der Waals surface area contributed by atoms with Gasteiger partial charge in [-0.3, -0.25) is 10.4 Å². The van der Waals surface area contributed by atoms with Gasteiger partial charge in [-0.1, -0.05) is 13.3 Å². The van der Waals surface area contributed by atoms with Gasteiger partial charge in [0.15, 0.2) is 11.6 Å². The molecular formula is C11H16F2N4. The van der Waals surface area contributed by atoms with E-state index in [1.807, 2.05) is 6.92 Å². The second kappa shape index (κ2) is 6.80. The van der Waals surface area contributed by atoms with Crippen molar-refractivity contribution in [1.82, 2.24) is 5.43 Å². The summed E-state index contributed by atoms with van der Waals surface area (Å²) in [6.45, 7) is 2.67.